The highest BCUT2D eigenvalue weighted by atomic mass is 16.5. The van der Waals surface area contributed by atoms with Crippen LogP contribution in [0.15, 0.2) is 146 Å². The van der Waals surface area contributed by atoms with E-state index >= 15 is 0 Å². The number of fused-ring (bicyclic) bond motifs is 4. The van der Waals surface area contributed by atoms with Gasteiger partial charge in [-0.2, -0.15) is 0 Å². The second-order valence-electron chi connectivity index (χ2n) is 21.5. The van der Waals surface area contributed by atoms with Crippen molar-refractivity contribution >= 4 is 44.6 Å². The number of ether oxygens (including phenoxy) is 1. The van der Waals surface area contributed by atoms with Gasteiger partial charge in [-0.25, -0.2) is 4.98 Å². The Bertz CT molecular complexity index is 3000. The van der Waals surface area contributed by atoms with Crippen molar-refractivity contribution in [1.29, 1.82) is 0 Å². The molecule has 6 aromatic carbocycles. The molecule has 0 aliphatic carbocycles. The van der Waals surface area contributed by atoms with Crippen molar-refractivity contribution in [2.24, 2.45) is 0 Å². The van der Waals surface area contributed by atoms with Gasteiger partial charge in [-0.05, 0) is 122 Å². The summed E-state index contributed by atoms with van der Waals surface area (Å²) in [7, 11) is 0. The van der Waals surface area contributed by atoms with E-state index in [-0.39, 0.29) is 21.7 Å². The molecule has 9 rings (SSSR count). The van der Waals surface area contributed by atoms with Gasteiger partial charge in [0.1, 0.15) is 24.0 Å². The lowest BCUT2D eigenvalue weighted by Crippen LogP contribution is -2.25. The number of hydrogen-bond acceptors (Lipinski definition) is 4. The summed E-state index contributed by atoms with van der Waals surface area (Å²) in [6.07, 6.45) is 1.95. The summed E-state index contributed by atoms with van der Waals surface area (Å²) in [5.41, 5.74) is 14.2. The van der Waals surface area contributed by atoms with Crippen molar-refractivity contribution in [2.45, 2.75) is 105 Å². The Morgan fingerprint density at radius 3 is 1.71 bits per heavy atom. The average Bonchev–Trinajstić information content (AvgIpc) is 3.78. The van der Waals surface area contributed by atoms with E-state index in [4.69, 9.17) is 9.72 Å². The molecule has 1 aliphatic rings. The van der Waals surface area contributed by atoms with Gasteiger partial charge < -0.3 is 14.5 Å². The van der Waals surface area contributed by atoms with Gasteiger partial charge in [0.05, 0.1) is 22.4 Å². The maximum atomic E-state index is 7.00. The Labute approximate surface area is 375 Å². The summed E-state index contributed by atoms with van der Waals surface area (Å²) in [5.74, 6) is 2.49. The summed E-state index contributed by atoms with van der Waals surface area (Å²) < 4.78 is 9.32. The normalized spacial score (nSPS) is 13.6. The van der Waals surface area contributed by atoms with E-state index in [1.54, 1.807) is 0 Å². The Morgan fingerprint density at radius 2 is 1.06 bits per heavy atom. The summed E-state index contributed by atoms with van der Waals surface area (Å²) in [6, 6.07) is 51.1. The molecule has 0 spiro atoms. The van der Waals surface area contributed by atoms with Crippen LogP contribution in [-0.4, -0.2) is 16.2 Å². The van der Waals surface area contributed by atoms with Crippen LogP contribution in [-0.2, 0) is 21.7 Å². The van der Waals surface area contributed by atoms with E-state index in [0.29, 0.717) is 6.67 Å². The van der Waals surface area contributed by atoms with E-state index < -0.39 is 0 Å². The smallest absolute Gasteiger partial charge is 0.137 e. The van der Waals surface area contributed by atoms with Crippen LogP contribution in [0.4, 0.5) is 22.7 Å². The van der Waals surface area contributed by atoms with Gasteiger partial charge in [-0.1, -0.05) is 144 Å². The molecule has 0 saturated heterocycles. The molecule has 0 amide bonds. The van der Waals surface area contributed by atoms with Crippen molar-refractivity contribution in [3.05, 3.63) is 168 Å². The number of benzene rings is 6. The quantitative estimate of drug-likeness (QED) is 0.167. The van der Waals surface area contributed by atoms with Gasteiger partial charge in [-0.3, -0.25) is 4.57 Å². The summed E-state index contributed by atoms with van der Waals surface area (Å²) in [4.78, 5) is 9.87. The Morgan fingerprint density at radius 1 is 0.460 bits per heavy atom. The van der Waals surface area contributed by atoms with E-state index in [2.05, 4.69) is 237 Å². The molecule has 0 atom stereocenters. The Balaban J connectivity index is 1.13. The van der Waals surface area contributed by atoms with Gasteiger partial charge in [0.2, 0.25) is 0 Å². The lowest BCUT2D eigenvalue weighted by Gasteiger charge is -2.28. The third-order valence-electron chi connectivity index (χ3n) is 12.7. The third-order valence-corrected chi connectivity index (χ3v) is 12.7. The van der Waals surface area contributed by atoms with E-state index in [0.717, 1.165) is 34.0 Å². The zero-order chi connectivity index (χ0) is 44.6. The number of para-hydroxylation sites is 2. The molecule has 0 unspecified atom stereocenters. The van der Waals surface area contributed by atoms with Crippen LogP contribution in [0.3, 0.4) is 0 Å². The van der Waals surface area contributed by atoms with E-state index in [1.807, 2.05) is 6.20 Å². The van der Waals surface area contributed by atoms with Crippen molar-refractivity contribution in [3.63, 3.8) is 0 Å². The number of nitrogens with zero attached hydrogens (tertiary/aromatic N) is 4. The maximum Gasteiger partial charge on any atom is 0.137 e. The van der Waals surface area contributed by atoms with Crippen LogP contribution in [0.1, 0.15) is 105 Å². The third kappa shape index (κ3) is 7.99. The zero-order valence-electron chi connectivity index (χ0n) is 39.3. The highest BCUT2D eigenvalue weighted by molar-refractivity contribution is 6.09. The number of hydrogen-bond donors (Lipinski definition) is 0. The molecular weight excluding hydrogens is 769 g/mol. The topological polar surface area (TPSA) is 33.5 Å². The standard InChI is InChI=1S/C58H62N4O/c1-55(2,3)39-22-25-47-48-27-24-44(36-53(48)62(52(47)32-39)54-33-40(28-29-59-54)56(4,5)6)63-45-31-41(57(7,8)9)30-43(34-45)61-37-60(50-20-16-17-21-51(50)61)42-23-26-46(38-18-14-13-15-19-38)49(35-42)58(10,11)12/h13-36H,37H2,1-12H3. The molecule has 0 fully saturated rings. The molecule has 2 aromatic heterocycles. The minimum Gasteiger partial charge on any atom is -0.457 e. The average molecular weight is 831 g/mol. The van der Waals surface area contributed by atoms with Crippen molar-refractivity contribution in [1.82, 2.24) is 9.55 Å². The first kappa shape index (κ1) is 42.0. The maximum absolute atomic E-state index is 7.00. The molecule has 1 aliphatic heterocycles. The zero-order valence-corrected chi connectivity index (χ0v) is 39.3. The molecule has 0 bridgehead atoms. The molecule has 63 heavy (non-hydrogen) atoms. The Hall–Kier alpha value is -6.33. The lowest BCUT2D eigenvalue weighted by atomic mass is 9.81. The molecule has 0 N–H and O–H groups in total. The minimum atomic E-state index is -0.118. The van der Waals surface area contributed by atoms with Crippen LogP contribution in [0, 0.1) is 0 Å². The second-order valence-corrected chi connectivity index (χ2v) is 21.5. The molecule has 320 valence electrons. The predicted octanol–water partition coefficient (Wildman–Crippen LogP) is 16.1. The molecule has 3 heterocycles. The molecule has 5 heteroatoms. The molecule has 8 aromatic rings. The van der Waals surface area contributed by atoms with Crippen molar-refractivity contribution in [3.8, 4) is 28.4 Å². The van der Waals surface area contributed by atoms with Gasteiger partial charge in [0.25, 0.3) is 0 Å². The van der Waals surface area contributed by atoms with Gasteiger partial charge in [-0.15, -0.1) is 0 Å². The van der Waals surface area contributed by atoms with Crippen LogP contribution in [0.5, 0.6) is 11.5 Å². The first-order valence-electron chi connectivity index (χ1n) is 22.5. The molecule has 5 nitrogen and oxygen atoms in total. The highest BCUT2D eigenvalue weighted by Gasteiger charge is 2.31. The van der Waals surface area contributed by atoms with Crippen LogP contribution in [0.2, 0.25) is 0 Å². The van der Waals surface area contributed by atoms with Gasteiger partial charge in [0.15, 0.2) is 0 Å². The predicted molar refractivity (Wildman–Crippen MR) is 267 cm³/mol. The van der Waals surface area contributed by atoms with Crippen molar-refractivity contribution in [2.75, 3.05) is 16.5 Å². The van der Waals surface area contributed by atoms with E-state index in [9.17, 15) is 0 Å². The van der Waals surface area contributed by atoms with Crippen LogP contribution >= 0.6 is 0 Å². The SMILES string of the molecule is CC(C)(C)c1cc(Oc2ccc3c4ccc(C(C)(C)C)cc4n(-c4cc(C(C)(C)C)ccn4)c3c2)cc(N2CN(c3ccc(-c4ccccc4)c(C(C)(C)C)c3)c3ccccc32)c1. The fourth-order valence-corrected chi connectivity index (χ4v) is 9.00. The Kier molecular flexibility index (Phi) is 10.1. The number of pyridine rings is 1. The largest absolute Gasteiger partial charge is 0.457 e. The highest BCUT2D eigenvalue weighted by Crippen LogP contribution is 2.48. The minimum absolute atomic E-state index is 0.00450. The van der Waals surface area contributed by atoms with Gasteiger partial charge in [0, 0.05) is 40.5 Å². The van der Waals surface area contributed by atoms with Crippen molar-refractivity contribution < 1.29 is 4.74 Å². The molecular formula is C58H62N4O. The molecule has 0 radical (unpaired) electrons. The van der Waals surface area contributed by atoms with Crippen LogP contribution < -0.4 is 14.5 Å². The first-order valence-corrected chi connectivity index (χ1v) is 22.5. The summed E-state index contributed by atoms with van der Waals surface area (Å²) in [6.45, 7) is 28.0. The first-order chi connectivity index (χ1) is 29.7. The van der Waals surface area contributed by atoms with Crippen LogP contribution in [0.25, 0.3) is 38.8 Å². The summed E-state index contributed by atoms with van der Waals surface area (Å²) >= 11 is 0. The fourth-order valence-electron chi connectivity index (χ4n) is 9.00. The van der Waals surface area contributed by atoms with Gasteiger partial charge >= 0.3 is 0 Å². The fraction of sp³-hybridized carbons (Fsp3) is 0.293. The number of aromatic nitrogens is 2. The summed E-state index contributed by atoms with van der Waals surface area (Å²) in [5, 5.41) is 2.37. The number of anilines is 4. The monoisotopic (exact) mass is 830 g/mol. The van der Waals surface area contributed by atoms with E-state index in [1.165, 1.54) is 61.2 Å². The number of rotatable bonds is 6. The molecule has 0 saturated carbocycles. The second kappa shape index (κ2) is 15.2. The lowest BCUT2D eigenvalue weighted by molar-refractivity contribution is 0.479.